The Morgan fingerprint density at radius 3 is 1.53 bits per heavy atom. The Morgan fingerprint density at radius 1 is 0.706 bits per heavy atom. The van der Waals surface area contributed by atoms with Gasteiger partial charge in [0, 0.05) is 57.6 Å². The molecule has 0 aromatic carbocycles. The first-order chi connectivity index (χ1) is 16.4. The first-order valence-corrected chi connectivity index (χ1v) is 17.6. The van der Waals surface area contributed by atoms with Gasteiger partial charge in [-0.2, -0.15) is 0 Å². The normalized spacial score (nSPS) is 12.5. The number of carbonyl (C=O) groups excluding carboxylic acids is 1. The summed E-state index contributed by atoms with van der Waals surface area (Å²) in [7, 11) is -3.33. The fourth-order valence-electron chi connectivity index (χ4n) is 3.40. The van der Waals surface area contributed by atoms with E-state index in [1.165, 1.54) is 0 Å². The van der Waals surface area contributed by atoms with Crippen LogP contribution in [0.3, 0.4) is 0 Å². The van der Waals surface area contributed by atoms with E-state index in [4.69, 9.17) is 31.3 Å². The van der Waals surface area contributed by atoms with Gasteiger partial charge in [-0.25, -0.2) is 0 Å². The number of hydrogen-bond donors (Lipinski definition) is 0. The van der Waals surface area contributed by atoms with Gasteiger partial charge in [0.2, 0.25) is 0 Å². The monoisotopic (exact) mass is 543 g/mol. The maximum atomic E-state index is 12.2. The molecule has 0 saturated heterocycles. The van der Waals surface area contributed by atoms with Crippen molar-refractivity contribution in [2.45, 2.75) is 66.5 Å². The van der Waals surface area contributed by atoms with Crippen LogP contribution in [-0.4, -0.2) is 99.9 Å². The number of likely N-dealkylation sites (N-methyl/N-ethyl adjacent to an activating group) is 1. The molecule has 0 aromatic heterocycles. The second-order valence-corrected chi connectivity index (χ2v) is 14.0. The summed E-state index contributed by atoms with van der Waals surface area (Å²) >= 11 is 1.78. The van der Waals surface area contributed by atoms with Crippen LogP contribution in [0.4, 0.5) is 0 Å². The third-order valence-electron chi connectivity index (χ3n) is 4.56. The van der Waals surface area contributed by atoms with Crippen LogP contribution in [0.15, 0.2) is 0 Å². The lowest BCUT2D eigenvalue weighted by Gasteiger charge is -2.28. The minimum Gasteiger partial charge on any atom is -0.465 e. The van der Waals surface area contributed by atoms with E-state index in [0.29, 0.717) is 58.7 Å². The van der Waals surface area contributed by atoms with Crippen LogP contribution >= 0.6 is 11.8 Å². The zero-order valence-electron chi connectivity index (χ0n) is 22.5. The summed E-state index contributed by atoms with van der Waals surface area (Å²) in [5, 5.41) is 0. The molecule has 34 heavy (non-hydrogen) atoms. The van der Waals surface area contributed by atoms with Gasteiger partial charge in [0.15, 0.2) is 0 Å². The molecule has 0 amide bonds. The zero-order chi connectivity index (χ0) is 25.7. The highest BCUT2D eigenvalue weighted by Crippen LogP contribution is 2.20. The summed E-state index contributed by atoms with van der Waals surface area (Å²) in [6, 6.07) is 1.44. The molecule has 0 spiro atoms. The standard InChI is InChI=1S/C22H49NO8SSi2/c1-8-26-33(27-9-2,28-10-3)18-14-16-25-22(24)20-23(7)21-32-17-15-19-34(29-11-4,30-12-5)31-13-6/h8-21H2,1-7H3. The van der Waals surface area contributed by atoms with Gasteiger partial charge in [-0.15, -0.1) is 11.8 Å². The van der Waals surface area contributed by atoms with E-state index in [0.717, 1.165) is 24.1 Å². The molecule has 0 N–H and O–H groups in total. The van der Waals surface area contributed by atoms with Gasteiger partial charge < -0.3 is 31.3 Å². The topological polar surface area (TPSA) is 84.9 Å². The number of rotatable bonds is 24. The Kier molecular flexibility index (Phi) is 21.1. The van der Waals surface area contributed by atoms with Crippen LogP contribution in [0, 0.1) is 0 Å². The van der Waals surface area contributed by atoms with Crippen molar-refractivity contribution in [2.24, 2.45) is 0 Å². The maximum absolute atomic E-state index is 12.2. The highest BCUT2D eigenvalue weighted by Gasteiger charge is 2.40. The van der Waals surface area contributed by atoms with Crippen molar-refractivity contribution < 1.29 is 36.1 Å². The fraction of sp³-hybridized carbons (Fsp3) is 0.955. The van der Waals surface area contributed by atoms with E-state index < -0.39 is 17.6 Å². The molecule has 9 nitrogen and oxygen atoms in total. The Labute approximate surface area is 214 Å². The molecule has 0 radical (unpaired) electrons. The summed E-state index contributed by atoms with van der Waals surface area (Å²) in [5.74, 6) is 1.46. The predicted molar refractivity (Wildman–Crippen MR) is 141 cm³/mol. The average Bonchev–Trinajstić information content (AvgIpc) is 2.77. The Morgan fingerprint density at radius 2 is 1.12 bits per heavy atom. The van der Waals surface area contributed by atoms with Crippen LogP contribution in [-0.2, 0) is 36.1 Å². The molecule has 0 rings (SSSR count). The molecule has 0 saturated carbocycles. The lowest BCUT2D eigenvalue weighted by Crippen LogP contribution is -2.46. The first kappa shape index (κ1) is 34.0. The second kappa shape index (κ2) is 21.1. The molecule has 0 aliphatic heterocycles. The molecule has 204 valence electrons. The molecular formula is C22H49NO8SSi2. The van der Waals surface area contributed by atoms with Crippen LogP contribution in [0.25, 0.3) is 0 Å². The zero-order valence-corrected chi connectivity index (χ0v) is 25.3. The summed E-state index contributed by atoms with van der Waals surface area (Å²) < 4.78 is 40.6. The van der Waals surface area contributed by atoms with E-state index >= 15 is 0 Å². The number of thioether (sulfide) groups is 1. The van der Waals surface area contributed by atoms with Gasteiger partial charge in [0.1, 0.15) is 0 Å². The van der Waals surface area contributed by atoms with Crippen LogP contribution in [0.5, 0.6) is 0 Å². The average molecular weight is 544 g/mol. The number of ether oxygens (including phenoxy) is 1. The van der Waals surface area contributed by atoms with E-state index in [1.807, 2.05) is 53.5 Å². The molecule has 0 bridgehead atoms. The molecule has 0 aliphatic carbocycles. The van der Waals surface area contributed by atoms with E-state index in [2.05, 4.69) is 0 Å². The van der Waals surface area contributed by atoms with Crippen LogP contribution < -0.4 is 0 Å². The Bertz CT molecular complexity index is 473. The number of nitrogens with zero attached hydrogens (tertiary/aromatic N) is 1. The molecule has 0 atom stereocenters. The van der Waals surface area contributed by atoms with Gasteiger partial charge in [0.05, 0.1) is 13.2 Å². The number of esters is 1. The largest absolute Gasteiger partial charge is 0.501 e. The lowest BCUT2D eigenvalue weighted by atomic mass is 10.5. The molecule has 0 fully saturated rings. The molecule has 12 heteroatoms. The van der Waals surface area contributed by atoms with Gasteiger partial charge in [0.25, 0.3) is 0 Å². The van der Waals surface area contributed by atoms with Gasteiger partial charge in [-0.3, -0.25) is 9.69 Å². The van der Waals surface area contributed by atoms with Gasteiger partial charge in [-0.05, 0) is 67.2 Å². The van der Waals surface area contributed by atoms with E-state index in [1.54, 1.807) is 11.8 Å². The number of hydrogen-bond acceptors (Lipinski definition) is 10. The van der Waals surface area contributed by atoms with Crippen molar-refractivity contribution >= 4 is 35.3 Å². The molecule has 0 aliphatic rings. The summed E-state index contributed by atoms with van der Waals surface area (Å²) in [5.41, 5.74) is 0. The van der Waals surface area contributed by atoms with Crippen molar-refractivity contribution in [1.29, 1.82) is 0 Å². The van der Waals surface area contributed by atoms with Crippen molar-refractivity contribution in [2.75, 3.05) is 71.5 Å². The highest BCUT2D eigenvalue weighted by molar-refractivity contribution is 7.99. The third kappa shape index (κ3) is 15.2. The maximum Gasteiger partial charge on any atom is 0.501 e. The van der Waals surface area contributed by atoms with Crippen LogP contribution in [0.1, 0.15) is 54.4 Å². The highest BCUT2D eigenvalue weighted by atomic mass is 32.2. The quantitative estimate of drug-likeness (QED) is 0.0770. The van der Waals surface area contributed by atoms with E-state index in [9.17, 15) is 4.79 Å². The van der Waals surface area contributed by atoms with E-state index in [-0.39, 0.29) is 12.5 Å². The Balaban J connectivity index is 4.21. The smallest absolute Gasteiger partial charge is 0.465 e. The van der Waals surface area contributed by atoms with Gasteiger partial charge in [-0.1, -0.05) is 0 Å². The predicted octanol–water partition coefficient (Wildman–Crippen LogP) is 4.03. The molecule has 0 aromatic rings. The molecule has 0 unspecified atom stereocenters. The van der Waals surface area contributed by atoms with Crippen LogP contribution in [0.2, 0.25) is 12.1 Å². The van der Waals surface area contributed by atoms with Crippen molar-refractivity contribution in [3.05, 3.63) is 0 Å². The van der Waals surface area contributed by atoms with Gasteiger partial charge >= 0.3 is 23.6 Å². The van der Waals surface area contributed by atoms with Crippen molar-refractivity contribution in [1.82, 2.24) is 4.90 Å². The lowest BCUT2D eigenvalue weighted by molar-refractivity contribution is -0.144. The molecule has 0 heterocycles. The third-order valence-corrected chi connectivity index (χ3v) is 12.1. The summed E-state index contributed by atoms with van der Waals surface area (Å²) in [6.45, 7) is 15.7. The number of carbonyl (C=O) groups is 1. The second-order valence-electron chi connectivity index (χ2n) is 7.44. The molecular weight excluding hydrogens is 494 g/mol. The Hall–Kier alpha value is -0.0262. The van der Waals surface area contributed by atoms with Crippen molar-refractivity contribution in [3.63, 3.8) is 0 Å². The summed E-state index contributed by atoms with van der Waals surface area (Å²) in [6.07, 6.45) is 1.60. The first-order valence-electron chi connectivity index (χ1n) is 12.6. The minimum atomic E-state index is -2.68. The minimum absolute atomic E-state index is 0.227. The summed E-state index contributed by atoms with van der Waals surface area (Å²) in [4.78, 5) is 14.2. The SMILES string of the molecule is CCO[Si](CCCOC(=O)CN(C)CSCCC[Si](OCC)(OCC)OCC)(OCC)OCC. The van der Waals surface area contributed by atoms with Crippen molar-refractivity contribution in [3.8, 4) is 0 Å². The fourth-order valence-corrected chi connectivity index (χ4v) is 9.73.